The largest absolute Gasteiger partial charge is 0.469 e. The third-order valence-electron chi connectivity index (χ3n) is 3.96. The van der Waals surface area contributed by atoms with Crippen LogP contribution in [0, 0.1) is 17.8 Å². The number of rotatable bonds is 9. The van der Waals surface area contributed by atoms with Gasteiger partial charge in [-0.1, -0.05) is 44.2 Å². The van der Waals surface area contributed by atoms with Crippen molar-refractivity contribution >= 4 is 11.9 Å². The molecule has 0 aliphatic heterocycles. The molecule has 0 bridgehead atoms. The summed E-state index contributed by atoms with van der Waals surface area (Å²) in [4.78, 5) is 25.1. The fourth-order valence-corrected chi connectivity index (χ4v) is 2.82. The zero-order valence-corrected chi connectivity index (χ0v) is 16.9. The van der Waals surface area contributed by atoms with Crippen molar-refractivity contribution in [1.82, 2.24) is 5.32 Å². The minimum Gasteiger partial charge on any atom is -0.469 e. The summed E-state index contributed by atoms with van der Waals surface area (Å²) in [5, 5.41) is 3.28. The third-order valence-corrected chi connectivity index (χ3v) is 3.96. The summed E-state index contributed by atoms with van der Waals surface area (Å²) in [6, 6.07) is 9.93. The molecule has 0 aromatic heterocycles. The van der Waals surface area contributed by atoms with Crippen molar-refractivity contribution in [3.05, 3.63) is 35.9 Å². The van der Waals surface area contributed by atoms with E-state index in [1.54, 1.807) is 0 Å². The Hall–Kier alpha value is -1.88. The molecule has 26 heavy (non-hydrogen) atoms. The standard InChI is InChI=1S/C21H33NO4/c1-15(2)12-17(20(24)26-21(3,4)5)18(19(23)25-6)14-22-13-16-10-8-7-9-11-16/h7-11,15,17-18,22H,12-14H2,1-6H3/t17-,18+/m1/s1. The molecule has 146 valence electrons. The molecule has 0 fully saturated rings. The molecule has 1 aromatic rings. The van der Waals surface area contributed by atoms with E-state index in [0.717, 1.165) is 5.56 Å². The van der Waals surface area contributed by atoms with E-state index in [-0.39, 0.29) is 17.9 Å². The smallest absolute Gasteiger partial charge is 0.310 e. The first-order chi connectivity index (χ1) is 12.1. The van der Waals surface area contributed by atoms with Gasteiger partial charge < -0.3 is 14.8 Å². The fourth-order valence-electron chi connectivity index (χ4n) is 2.82. The average molecular weight is 363 g/mol. The highest BCUT2D eigenvalue weighted by atomic mass is 16.6. The molecule has 0 aliphatic rings. The normalized spacial score (nSPS) is 14.0. The van der Waals surface area contributed by atoms with Crippen molar-refractivity contribution in [2.75, 3.05) is 13.7 Å². The van der Waals surface area contributed by atoms with Gasteiger partial charge >= 0.3 is 11.9 Å². The Labute approximate surface area is 157 Å². The summed E-state index contributed by atoms with van der Waals surface area (Å²) >= 11 is 0. The minimum absolute atomic E-state index is 0.258. The maximum atomic E-state index is 12.7. The molecule has 0 amide bonds. The monoisotopic (exact) mass is 363 g/mol. The van der Waals surface area contributed by atoms with Crippen molar-refractivity contribution in [2.24, 2.45) is 17.8 Å². The Morgan fingerprint density at radius 1 is 1.04 bits per heavy atom. The van der Waals surface area contributed by atoms with Crippen LogP contribution in [0.25, 0.3) is 0 Å². The number of methoxy groups -OCH3 is 1. The summed E-state index contributed by atoms with van der Waals surface area (Å²) in [6.07, 6.45) is 0.571. The molecule has 0 unspecified atom stereocenters. The van der Waals surface area contributed by atoms with Crippen molar-refractivity contribution in [3.63, 3.8) is 0 Å². The lowest BCUT2D eigenvalue weighted by Gasteiger charge is -2.29. The van der Waals surface area contributed by atoms with Gasteiger partial charge in [0.05, 0.1) is 18.9 Å². The second kappa shape index (κ2) is 10.3. The molecule has 0 saturated carbocycles. The van der Waals surface area contributed by atoms with E-state index in [1.165, 1.54) is 7.11 Å². The molecular formula is C21H33NO4. The summed E-state index contributed by atoms with van der Waals surface area (Å²) in [7, 11) is 1.36. The summed E-state index contributed by atoms with van der Waals surface area (Å²) in [5.41, 5.74) is 0.526. The predicted molar refractivity (Wildman–Crippen MR) is 102 cm³/mol. The summed E-state index contributed by atoms with van der Waals surface area (Å²) in [6.45, 7) is 10.5. The van der Waals surface area contributed by atoms with Gasteiger partial charge in [0, 0.05) is 13.1 Å². The second-order valence-corrected chi connectivity index (χ2v) is 8.02. The molecule has 0 saturated heterocycles. The number of nitrogens with one attached hydrogen (secondary N) is 1. The van der Waals surface area contributed by atoms with Gasteiger partial charge in [0.15, 0.2) is 0 Å². The topological polar surface area (TPSA) is 64.6 Å². The van der Waals surface area contributed by atoms with E-state index >= 15 is 0 Å². The Kier molecular flexibility index (Phi) is 8.79. The molecule has 5 nitrogen and oxygen atoms in total. The zero-order valence-electron chi connectivity index (χ0n) is 16.9. The average Bonchev–Trinajstić information content (AvgIpc) is 2.55. The maximum Gasteiger partial charge on any atom is 0.310 e. The minimum atomic E-state index is -0.593. The highest BCUT2D eigenvalue weighted by molar-refractivity contribution is 5.82. The summed E-state index contributed by atoms with van der Waals surface area (Å²) in [5.74, 6) is -1.59. The Morgan fingerprint density at radius 3 is 2.15 bits per heavy atom. The molecule has 0 radical (unpaired) electrons. The van der Waals surface area contributed by atoms with Gasteiger partial charge in [-0.05, 0) is 38.7 Å². The zero-order chi connectivity index (χ0) is 19.7. The number of benzene rings is 1. The number of hydrogen-bond donors (Lipinski definition) is 1. The van der Waals surface area contributed by atoms with E-state index in [4.69, 9.17) is 9.47 Å². The SMILES string of the molecule is COC(=O)[C@@H](CNCc1ccccc1)[C@@H](CC(C)C)C(=O)OC(C)(C)C. The van der Waals surface area contributed by atoms with Gasteiger partial charge in [0.1, 0.15) is 5.60 Å². The highest BCUT2D eigenvalue weighted by Gasteiger charge is 2.37. The van der Waals surface area contributed by atoms with Gasteiger partial charge in [-0.2, -0.15) is 0 Å². The van der Waals surface area contributed by atoms with Crippen molar-refractivity contribution in [2.45, 2.75) is 53.2 Å². The van der Waals surface area contributed by atoms with Crippen LogP contribution in [0.3, 0.4) is 0 Å². The lowest BCUT2D eigenvalue weighted by atomic mass is 9.85. The van der Waals surface area contributed by atoms with Crippen LogP contribution in [0.15, 0.2) is 30.3 Å². The van der Waals surface area contributed by atoms with Crippen LogP contribution < -0.4 is 5.32 Å². The lowest BCUT2D eigenvalue weighted by Crippen LogP contribution is -2.41. The molecule has 1 aromatic carbocycles. The van der Waals surface area contributed by atoms with E-state index < -0.39 is 17.4 Å². The number of hydrogen-bond acceptors (Lipinski definition) is 5. The van der Waals surface area contributed by atoms with Crippen LogP contribution in [0.1, 0.15) is 46.6 Å². The lowest BCUT2D eigenvalue weighted by molar-refractivity contribution is -0.168. The van der Waals surface area contributed by atoms with E-state index in [0.29, 0.717) is 19.5 Å². The molecule has 5 heteroatoms. The van der Waals surface area contributed by atoms with E-state index in [9.17, 15) is 9.59 Å². The van der Waals surface area contributed by atoms with E-state index in [1.807, 2.05) is 65.0 Å². The van der Waals surface area contributed by atoms with E-state index in [2.05, 4.69) is 5.32 Å². The second-order valence-electron chi connectivity index (χ2n) is 8.02. The first kappa shape index (κ1) is 22.2. The number of ether oxygens (including phenoxy) is 2. The van der Waals surface area contributed by atoms with Gasteiger partial charge in [-0.15, -0.1) is 0 Å². The molecule has 2 atom stereocenters. The Bertz CT molecular complexity index is 563. The molecule has 1 N–H and O–H groups in total. The Balaban J connectivity index is 2.88. The van der Waals surface area contributed by atoms with Gasteiger partial charge in [0.2, 0.25) is 0 Å². The fraction of sp³-hybridized carbons (Fsp3) is 0.619. The van der Waals surface area contributed by atoms with Gasteiger partial charge in [-0.3, -0.25) is 9.59 Å². The number of carbonyl (C=O) groups excluding carboxylic acids is 2. The third kappa shape index (κ3) is 8.00. The van der Waals surface area contributed by atoms with Crippen LogP contribution in [0.4, 0.5) is 0 Å². The highest BCUT2D eigenvalue weighted by Crippen LogP contribution is 2.25. The number of carbonyl (C=O) groups is 2. The van der Waals surface area contributed by atoms with Crippen LogP contribution in [0.2, 0.25) is 0 Å². The summed E-state index contributed by atoms with van der Waals surface area (Å²) < 4.78 is 10.5. The predicted octanol–water partition coefficient (Wildman–Crippen LogP) is 3.57. The van der Waals surface area contributed by atoms with Crippen LogP contribution in [-0.4, -0.2) is 31.2 Å². The molecule has 0 heterocycles. The van der Waals surface area contributed by atoms with Gasteiger partial charge in [-0.25, -0.2) is 0 Å². The van der Waals surface area contributed by atoms with Crippen LogP contribution in [-0.2, 0) is 25.6 Å². The molecule has 0 spiro atoms. The molecule has 0 aliphatic carbocycles. The first-order valence-electron chi connectivity index (χ1n) is 9.19. The van der Waals surface area contributed by atoms with Crippen LogP contribution in [0.5, 0.6) is 0 Å². The van der Waals surface area contributed by atoms with Crippen molar-refractivity contribution in [1.29, 1.82) is 0 Å². The molecule has 1 rings (SSSR count). The van der Waals surface area contributed by atoms with Gasteiger partial charge in [0.25, 0.3) is 0 Å². The first-order valence-corrected chi connectivity index (χ1v) is 9.19. The van der Waals surface area contributed by atoms with Crippen molar-refractivity contribution < 1.29 is 19.1 Å². The van der Waals surface area contributed by atoms with Crippen molar-refractivity contribution in [3.8, 4) is 0 Å². The molecular weight excluding hydrogens is 330 g/mol. The van der Waals surface area contributed by atoms with Crippen LogP contribution >= 0.6 is 0 Å². The maximum absolute atomic E-state index is 12.7. The Morgan fingerprint density at radius 2 is 1.65 bits per heavy atom. The number of esters is 2. The quantitative estimate of drug-likeness (QED) is 0.680.